The number of likely N-dealkylation sites (N-methyl/N-ethyl adjacent to an activating group) is 1. The molecule has 1 heterocycles. The molecule has 0 saturated heterocycles. The number of hydrogen-bond acceptors (Lipinski definition) is 6. The molecule has 150 valence electrons. The topological polar surface area (TPSA) is 72.6 Å². The fourth-order valence-electron chi connectivity index (χ4n) is 3.62. The van der Waals surface area contributed by atoms with Gasteiger partial charge in [0.2, 0.25) is 0 Å². The van der Waals surface area contributed by atoms with E-state index in [0.29, 0.717) is 10.8 Å². The van der Waals surface area contributed by atoms with Crippen molar-refractivity contribution >= 4 is 34.7 Å². The molecule has 4 rings (SSSR count). The molecule has 1 atom stereocenters. The summed E-state index contributed by atoms with van der Waals surface area (Å²) in [5, 5.41) is 0.408. The third kappa shape index (κ3) is 4.45. The molecule has 29 heavy (non-hydrogen) atoms. The highest BCUT2D eigenvalue weighted by atomic mass is 32.2. The minimum absolute atomic E-state index is 0.0280. The summed E-state index contributed by atoms with van der Waals surface area (Å²) in [4.78, 5) is 30.6. The first kappa shape index (κ1) is 19.5. The Morgan fingerprint density at radius 3 is 2.86 bits per heavy atom. The van der Waals surface area contributed by atoms with Gasteiger partial charge >= 0.3 is 5.97 Å². The summed E-state index contributed by atoms with van der Waals surface area (Å²) >= 11 is 1.16. The van der Waals surface area contributed by atoms with Crippen LogP contribution < -0.4 is 0 Å². The lowest BCUT2D eigenvalue weighted by molar-refractivity contribution is -0.150. The molecule has 1 amide bonds. The van der Waals surface area contributed by atoms with Gasteiger partial charge in [0.05, 0.1) is 6.04 Å². The summed E-state index contributed by atoms with van der Waals surface area (Å²) in [5.41, 5.74) is 3.89. The predicted octanol–water partition coefficient (Wildman–Crippen LogP) is 4.00. The van der Waals surface area contributed by atoms with Gasteiger partial charge in [0.1, 0.15) is 11.3 Å². The SMILES string of the molecule is CN(C(=O)COC(=O)CSc1nc2ccccc2o1)C1CCCc2ccccc21. The molecular formula is C22H22N2O4S. The maximum Gasteiger partial charge on any atom is 0.316 e. The molecule has 0 saturated carbocycles. The second-order valence-corrected chi connectivity index (χ2v) is 7.93. The van der Waals surface area contributed by atoms with Gasteiger partial charge in [-0.25, -0.2) is 4.98 Å². The number of aromatic nitrogens is 1. The van der Waals surface area contributed by atoms with Gasteiger partial charge in [0.15, 0.2) is 12.2 Å². The highest BCUT2D eigenvalue weighted by molar-refractivity contribution is 7.99. The third-order valence-electron chi connectivity index (χ3n) is 5.14. The molecule has 1 unspecified atom stereocenters. The first-order chi connectivity index (χ1) is 14.1. The number of para-hydroxylation sites is 2. The van der Waals surface area contributed by atoms with Gasteiger partial charge in [0.25, 0.3) is 11.1 Å². The van der Waals surface area contributed by atoms with Gasteiger partial charge in [-0.1, -0.05) is 48.2 Å². The van der Waals surface area contributed by atoms with Crippen LogP contribution in [-0.4, -0.2) is 41.2 Å². The Kier molecular flexibility index (Phi) is 5.85. The fraction of sp³-hybridized carbons (Fsp3) is 0.318. The Morgan fingerprint density at radius 1 is 1.21 bits per heavy atom. The largest absolute Gasteiger partial charge is 0.455 e. The van der Waals surface area contributed by atoms with Gasteiger partial charge in [-0.3, -0.25) is 9.59 Å². The van der Waals surface area contributed by atoms with Crippen LogP contribution in [0.15, 0.2) is 58.2 Å². The molecule has 7 heteroatoms. The van der Waals surface area contributed by atoms with E-state index in [1.165, 1.54) is 11.1 Å². The Balaban J connectivity index is 1.28. The average molecular weight is 410 g/mol. The van der Waals surface area contributed by atoms with Gasteiger partial charge in [0, 0.05) is 7.05 Å². The number of rotatable bonds is 6. The summed E-state index contributed by atoms with van der Waals surface area (Å²) in [6.07, 6.45) is 3.00. The summed E-state index contributed by atoms with van der Waals surface area (Å²) in [7, 11) is 1.77. The monoisotopic (exact) mass is 410 g/mol. The molecule has 2 aromatic carbocycles. The first-order valence-electron chi connectivity index (χ1n) is 9.59. The minimum Gasteiger partial charge on any atom is -0.455 e. The average Bonchev–Trinajstić information content (AvgIpc) is 3.18. The van der Waals surface area contributed by atoms with E-state index in [0.717, 1.165) is 36.5 Å². The van der Waals surface area contributed by atoms with E-state index in [1.807, 2.05) is 36.4 Å². The Hall–Kier alpha value is -2.80. The zero-order chi connectivity index (χ0) is 20.2. The van der Waals surface area contributed by atoms with Crippen LogP contribution in [0.3, 0.4) is 0 Å². The predicted molar refractivity (Wildman–Crippen MR) is 111 cm³/mol. The van der Waals surface area contributed by atoms with E-state index in [4.69, 9.17) is 9.15 Å². The fourth-order valence-corrected chi connectivity index (χ4v) is 4.26. The highest BCUT2D eigenvalue weighted by Crippen LogP contribution is 2.33. The van der Waals surface area contributed by atoms with E-state index in [1.54, 1.807) is 11.9 Å². The summed E-state index contributed by atoms with van der Waals surface area (Å²) in [6.45, 7) is -0.262. The molecule has 6 nitrogen and oxygen atoms in total. The number of carbonyl (C=O) groups excluding carboxylic acids is 2. The van der Waals surface area contributed by atoms with Crippen molar-refractivity contribution in [3.63, 3.8) is 0 Å². The van der Waals surface area contributed by atoms with Crippen molar-refractivity contribution in [1.29, 1.82) is 0 Å². The molecule has 3 aromatic rings. The van der Waals surface area contributed by atoms with Crippen LogP contribution in [0.25, 0.3) is 11.1 Å². The molecule has 0 bridgehead atoms. The summed E-state index contributed by atoms with van der Waals surface area (Å²) in [5.74, 6) is -0.634. The van der Waals surface area contributed by atoms with Crippen LogP contribution >= 0.6 is 11.8 Å². The molecule has 1 aromatic heterocycles. The van der Waals surface area contributed by atoms with Gasteiger partial charge in [-0.2, -0.15) is 0 Å². The Morgan fingerprint density at radius 2 is 2.00 bits per heavy atom. The van der Waals surface area contributed by atoms with Crippen LogP contribution in [0.1, 0.15) is 30.0 Å². The number of oxazole rings is 1. The van der Waals surface area contributed by atoms with Crippen molar-refractivity contribution in [2.45, 2.75) is 30.5 Å². The summed E-state index contributed by atoms with van der Waals surface area (Å²) in [6, 6.07) is 15.7. The molecule has 1 aliphatic carbocycles. The molecule has 0 fully saturated rings. The second kappa shape index (κ2) is 8.69. The molecule has 1 aliphatic rings. The number of thioether (sulfide) groups is 1. The number of aryl methyl sites for hydroxylation is 1. The van der Waals surface area contributed by atoms with Gasteiger partial charge in [-0.05, 0) is 42.5 Å². The third-order valence-corrected chi connectivity index (χ3v) is 5.94. The van der Waals surface area contributed by atoms with Crippen LogP contribution in [0, 0.1) is 0 Å². The van der Waals surface area contributed by atoms with E-state index < -0.39 is 5.97 Å². The van der Waals surface area contributed by atoms with Crippen molar-refractivity contribution in [3.05, 3.63) is 59.7 Å². The highest BCUT2D eigenvalue weighted by Gasteiger charge is 2.27. The lowest BCUT2D eigenvalue weighted by atomic mass is 9.87. The van der Waals surface area contributed by atoms with Crippen LogP contribution in [0.2, 0.25) is 0 Å². The standard InChI is InChI=1S/C22H22N2O4S/c1-24(18-11-6-8-15-7-2-3-9-16(15)18)20(25)13-27-21(26)14-29-22-23-17-10-4-5-12-19(17)28-22/h2-5,7,9-10,12,18H,6,8,11,13-14H2,1H3. The van der Waals surface area contributed by atoms with Crippen LogP contribution in [0.5, 0.6) is 0 Å². The summed E-state index contributed by atoms with van der Waals surface area (Å²) < 4.78 is 10.7. The molecule has 0 radical (unpaired) electrons. The maximum absolute atomic E-state index is 12.6. The zero-order valence-corrected chi connectivity index (χ0v) is 17.0. The minimum atomic E-state index is -0.469. The number of hydrogen-bond donors (Lipinski definition) is 0. The quantitative estimate of drug-likeness (QED) is 0.452. The molecule has 0 spiro atoms. The number of carbonyl (C=O) groups is 2. The molecule has 0 aliphatic heterocycles. The Bertz CT molecular complexity index is 999. The normalized spacial score (nSPS) is 15.7. The van der Waals surface area contributed by atoms with E-state index >= 15 is 0 Å². The van der Waals surface area contributed by atoms with Crippen molar-refractivity contribution in [1.82, 2.24) is 9.88 Å². The van der Waals surface area contributed by atoms with Crippen molar-refractivity contribution in [3.8, 4) is 0 Å². The number of benzene rings is 2. The van der Waals surface area contributed by atoms with Crippen molar-refractivity contribution in [2.75, 3.05) is 19.4 Å². The van der Waals surface area contributed by atoms with Crippen LogP contribution in [-0.2, 0) is 20.7 Å². The van der Waals surface area contributed by atoms with Gasteiger partial charge < -0.3 is 14.1 Å². The molecular weight excluding hydrogens is 388 g/mol. The second-order valence-electron chi connectivity index (χ2n) is 7.01. The van der Waals surface area contributed by atoms with Gasteiger partial charge in [-0.15, -0.1) is 0 Å². The van der Waals surface area contributed by atoms with E-state index in [-0.39, 0.29) is 24.3 Å². The molecule has 0 N–H and O–H groups in total. The van der Waals surface area contributed by atoms with E-state index in [9.17, 15) is 9.59 Å². The number of esters is 1. The van der Waals surface area contributed by atoms with Crippen LogP contribution in [0.4, 0.5) is 0 Å². The van der Waals surface area contributed by atoms with Crippen molar-refractivity contribution < 1.29 is 18.7 Å². The lowest BCUT2D eigenvalue weighted by Crippen LogP contribution is -2.36. The number of nitrogens with zero attached hydrogens (tertiary/aromatic N) is 2. The lowest BCUT2D eigenvalue weighted by Gasteiger charge is -2.33. The maximum atomic E-state index is 12.6. The zero-order valence-electron chi connectivity index (χ0n) is 16.2. The Labute approximate surface area is 173 Å². The number of amides is 1. The smallest absolute Gasteiger partial charge is 0.316 e. The number of ether oxygens (including phenoxy) is 1. The first-order valence-corrected chi connectivity index (χ1v) is 10.6. The number of fused-ring (bicyclic) bond motifs is 2. The van der Waals surface area contributed by atoms with E-state index in [2.05, 4.69) is 17.1 Å². The van der Waals surface area contributed by atoms with Crippen molar-refractivity contribution in [2.24, 2.45) is 0 Å².